The lowest BCUT2D eigenvalue weighted by Crippen LogP contribution is -2.42. The molecule has 2 amide bonds. The lowest BCUT2D eigenvalue weighted by atomic mass is 10.0. The number of aliphatic hydroxyl groups is 1. The van der Waals surface area contributed by atoms with Crippen molar-refractivity contribution < 1.29 is 9.90 Å². The first kappa shape index (κ1) is 14.3. The fourth-order valence-electron chi connectivity index (χ4n) is 2.30. The Kier molecular flexibility index (Phi) is 4.47. The van der Waals surface area contributed by atoms with Crippen molar-refractivity contribution in [3.8, 4) is 0 Å². The van der Waals surface area contributed by atoms with Gasteiger partial charge in [-0.25, -0.2) is 4.79 Å². The Morgan fingerprint density at radius 3 is 2.74 bits per heavy atom. The molecule has 1 aliphatic rings. The zero-order valence-electron chi connectivity index (χ0n) is 11.0. The maximum absolute atomic E-state index is 11.8. The molecule has 0 radical (unpaired) electrons. The average molecular weight is 327 g/mol. The Labute approximate surface area is 121 Å². The van der Waals surface area contributed by atoms with Crippen molar-refractivity contribution >= 4 is 27.6 Å². The van der Waals surface area contributed by atoms with E-state index in [-0.39, 0.29) is 6.03 Å². The van der Waals surface area contributed by atoms with Gasteiger partial charge in [-0.1, -0.05) is 34.8 Å². The van der Waals surface area contributed by atoms with Gasteiger partial charge < -0.3 is 15.7 Å². The molecule has 19 heavy (non-hydrogen) atoms. The molecule has 0 bridgehead atoms. The highest BCUT2D eigenvalue weighted by atomic mass is 79.9. The standard InChI is InChI=1S/C14H19BrN2O2/c1-10-4-5-11(8-12(10)15)17-13(18)16-9-14(19)6-2-3-7-14/h4-5,8,19H,2-3,6-7,9H2,1H3,(H2,16,17,18). The maximum atomic E-state index is 11.8. The second-order valence-corrected chi connectivity index (χ2v) is 6.06. The van der Waals surface area contributed by atoms with Crippen LogP contribution in [0.15, 0.2) is 22.7 Å². The Morgan fingerprint density at radius 2 is 2.11 bits per heavy atom. The quantitative estimate of drug-likeness (QED) is 0.798. The van der Waals surface area contributed by atoms with Gasteiger partial charge >= 0.3 is 6.03 Å². The molecular formula is C14H19BrN2O2. The Morgan fingerprint density at radius 1 is 1.42 bits per heavy atom. The highest BCUT2D eigenvalue weighted by Gasteiger charge is 2.31. The maximum Gasteiger partial charge on any atom is 0.319 e. The van der Waals surface area contributed by atoms with Gasteiger partial charge in [0.05, 0.1) is 5.60 Å². The summed E-state index contributed by atoms with van der Waals surface area (Å²) in [6.07, 6.45) is 3.60. The van der Waals surface area contributed by atoms with Crippen molar-refractivity contribution in [1.29, 1.82) is 0 Å². The van der Waals surface area contributed by atoms with Crippen molar-refractivity contribution in [3.63, 3.8) is 0 Å². The average Bonchev–Trinajstić information content (AvgIpc) is 2.79. The molecule has 0 atom stereocenters. The van der Waals surface area contributed by atoms with E-state index in [1.165, 1.54) is 0 Å². The van der Waals surface area contributed by atoms with Crippen LogP contribution in [0.25, 0.3) is 0 Å². The van der Waals surface area contributed by atoms with Crippen LogP contribution in [0.5, 0.6) is 0 Å². The molecule has 0 aromatic heterocycles. The number of aryl methyl sites for hydroxylation is 1. The van der Waals surface area contributed by atoms with Crippen LogP contribution in [0.4, 0.5) is 10.5 Å². The van der Waals surface area contributed by atoms with Gasteiger partial charge in [0.1, 0.15) is 0 Å². The molecule has 1 fully saturated rings. The molecule has 0 aliphatic heterocycles. The first-order valence-corrected chi connectivity index (χ1v) is 7.31. The summed E-state index contributed by atoms with van der Waals surface area (Å²) >= 11 is 3.43. The third-order valence-electron chi connectivity index (χ3n) is 3.54. The van der Waals surface area contributed by atoms with Gasteiger partial charge in [-0.05, 0) is 37.5 Å². The van der Waals surface area contributed by atoms with E-state index in [2.05, 4.69) is 26.6 Å². The number of hydrogen-bond acceptors (Lipinski definition) is 2. The molecule has 104 valence electrons. The van der Waals surface area contributed by atoms with Crippen molar-refractivity contribution in [1.82, 2.24) is 5.32 Å². The highest BCUT2D eigenvalue weighted by Crippen LogP contribution is 2.28. The minimum Gasteiger partial charge on any atom is -0.388 e. The van der Waals surface area contributed by atoms with Crippen LogP contribution < -0.4 is 10.6 Å². The summed E-state index contributed by atoms with van der Waals surface area (Å²) in [5.41, 5.74) is 1.13. The summed E-state index contributed by atoms with van der Waals surface area (Å²) < 4.78 is 0.958. The van der Waals surface area contributed by atoms with Gasteiger partial charge in [0.2, 0.25) is 0 Å². The molecule has 0 saturated heterocycles. The number of carbonyl (C=O) groups excluding carboxylic acids is 1. The van der Waals surface area contributed by atoms with E-state index >= 15 is 0 Å². The predicted octanol–water partition coefficient (Wildman–Crippen LogP) is 3.18. The number of hydrogen-bond donors (Lipinski definition) is 3. The topological polar surface area (TPSA) is 61.4 Å². The predicted molar refractivity (Wildman–Crippen MR) is 79.3 cm³/mol. The van der Waals surface area contributed by atoms with Gasteiger partial charge in [-0.15, -0.1) is 0 Å². The highest BCUT2D eigenvalue weighted by molar-refractivity contribution is 9.10. The summed E-state index contributed by atoms with van der Waals surface area (Å²) in [7, 11) is 0. The van der Waals surface area contributed by atoms with Gasteiger partial charge in [0.25, 0.3) is 0 Å². The SMILES string of the molecule is Cc1ccc(NC(=O)NCC2(O)CCCC2)cc1Br. The first-order valence-electron chi connectivity index (χ1n) is 6.52. The zero-order valence-corrected chi connectivity index (χ0v) is 12.6. The number of carbonyl (C=O) groups is 1. The second-order valence-electron chi connectivity index (χ2n) is 5.20. The van der Waals surface area contributed by atoms with Crippen LogP contribution in [0, 0.1) is 6.92 Å². The Bertz CT molecular complexity index is 471. The van der Waals surface area contributed by atoms with E-state index in [1.807, 2.05) is 25.1 Å². The monoisotopic (exact) mass is 326 g/mol. The van der Waals surface area contributed by atoms with Crippen molar-refractivity contribution in [2.45, 2.75) is 38.2 Å². The van der Waals surface area contributed by atoms with E-state index in [0.717, 1.165) is 41.4 Å². The van der Waals surface area contributed by atoms with Crippen LogP contribution in [0.3, 0.4) is 0 Å². The minimum atomic E-state index is -0.717. The number of benzene rings is 1. The van der Waals surface area contributed by atoms with Crippen LogP contribution in [-0.2, 0) is 0 Å². The first-order chi connectivity index (χ1) is 8.98. The molecule has 4 nitrogen and oxygen atoms in total. The summed E-state index contributed by atoms with van der Waals surface area (Å²) in [6.45, 7) is 2.30. The number of halogens is 1. The Balaban J connectivity index is 1.85. The van der Waals surface area contributed by atoms with E-state index in [1.54, 1.807) is 0 Å². The van der Waals surface area contributed by atoms with Crippen LogP contribution in [0.1, 0.15) is 31.2 Å². The van der Waals surface area contributed by atoms with Gasteiger partial charge in [-0.3, -0.25) is 0 Å². The van der Waals surface area contributed by atoms with E-state index < -0.39 is 5.60 Å². The van der Waals surface area contributed by atoms with Crippen molar-refractivity contribution in [2.24, 2.45) is 0 Å². The third kappa shape index (κ3) is 3.94. The largest absolute Gasteiger partial charge is 0.388 e. The summed E-state index contributed by atoms with van der Waals surface area (Å²) in [4.78, 5) is 11.8. The van der Waals surface area contributed by atoms with Gasteiger partial charge in [0.15, 0.2) is 0 Å². The molecular weight excluding hydrogens is 308 g/mol. The van der Waals surface area contributed by atoms with Crippen molar-refractivity contribution in [2.75, 3.05) is 11.9 Å². The zero-order chi connectivity index (χ0) is 13.9. The summed E-state index contributed by atoms with van der Waals surface area (Å²) in [6, 6.07) is 5.36. The lowest BCUT2D eigenvalue weighted by Gasteiger charge is -2.22. The molecule has 1 saturated carbocycles. The van der Waals surface area contributed by atoms with Crippen LogP contribution in [0.2, 0.25) is 0 Å². The van der Waals surface area contributed by atoms with Gasteiger partial charge in [-0.2, -0.15) is 0 Å². The molecule has 2 rings (SSSR count). The van der Waals surface area contributed by atoms with E-state index in [0.29, 0.717) is 6.54 Å². The van der Waals surface area contributed by atoms with Crippen LogP contribution in [-0.4, -0.2) is 23.3 Å². The second kappa shape index (κ2) is 5.92. The summed E-state index contributed by atoms with van der Waals surface area (Å²) in [5.74, 6) is 0. The molecule has 5 heteroatoms. The van der Waals surface area contributed by atoms with Crippen LogP contribution >= 0.6 is 15.9 Å². The smallest absolute Gasteiger partial charge is 0.319 e. The van der Waals surface area contributed by atoms with E-state index in [9.17, 15) is 9.90 Å². The molecule has 0 spiro atoms. The van der Waals surface area contributed by atoms with Crippen molar-refractivity contribution in [3.05, 3.63) is 28.2 Å². The van der Waals surface area contributed by atoms with Gasteiger partial charge in [0, 0.05) is 16.7 Å². The number of amides is 2. The number of urea groups is 1. The fraction of sp³-hybridized carbons (Fsp3) is 0.500. The molecule has 1 aromatic rings. The minimum absolute atomic E-state index is 0.281. The summed E-state index contributed by atoms with van der Waals surface area (Å²) in [5, 5.41) is 15.6. The molecule has 0 unspecified atom stereocenters. The lowest BCUT2D eigenvalue weighted by molar-refractivity contribution is 0.0506. The molecule has 3 N–H and O–H groups in total. The normalized spacial score (nSPS) is 17.2. The van der Waals surface area contributed by atoms with E-state index in [4.69, 9.17) is 0 Å². The number of rotatable bonds is 3. The third-order valence-corrected chi connectivity index (χ3v) is 4.40. The Hall–Kier alpha value is -1.07. The number of anilines is 1. The number of nitrogens with one attached hydrogen (secondary N) is 2. The fourth-order valence-corrected chi connectivity index (χ4v) is 2.68. The molecule has 0 heterocycles. The molecule has 1 aromatic carbocycles. The molecule has 1 aliphatic carbocycles.